The maximum atomic E-state index is 6.15. The molecule has 0 saturated carbocycles. The molecule has 0 bridgehead atoms. The van der Waals surface area contributed by atoms with Crippen molar-refractivity contribution in [2.24, 2.45) is 10.9 Å². The highest BCUT2D eigenvalue weighted by Crippen LogP contribution is 2.33. The Morgan fingerprint density at radius 3 is 2.61 bits per heavy atom. The van der Waals surface area contributed by atoms with E-state index in [2.05, 4.69) is 53.9 Å². The first-order valence-corrected chi connectivity index (χ1v) is 11.2. The molecule has 2 atom stereocenters. The second kappa shape index (κ2) is 13.1. The third-order valence-electron chi connectivity index (χ3n) is 5.76. The van der Waals surface area contributed by atoms with Crippen LogP contribution in [0.4, 0.5) is 0 Å². The fourth-order valence-electron chi connectivity index (χ4n) is 4.04. The van der Waals surface area contributed by atoms with Gasteiger partial charge in [0.2, 0.25) is 0 Å². The van der Waals surface area contributed by atoms with E-state index in [0.717, 1.165) is 69.3 Å². The fourth-order valence-corrected chi connectivity index (χ4v) is 4.04. The molecule has 1 fully saturated rings. The van der Waals surface area contributed by atoms with Gasteiger partial charge in [0.05, 0.1) is 11.8 Å². The van der Waals surface area contributed by atoms with Gasteiger partial charge >= 0.3 is 0 Å². The number of halogens is 1. The molecule has 1 aliphatic heterocycles. The standard InChI is InChI=1S/C24H36N4O2.HI/c1-5-25-24(26-14-6-9-22-18(3)28-30-19(22)4)27-16-21-8-7-15-29-23(21)20-12-10-17(2)11-13-20;/h10-13,21,23H,5-9,14-16H2,1-4H3,(H2,25,26,27);1H. The van der Waals surface area contributed by atoms with Crippen LogP contribution in [-0.4, -0.2) is 37.4 Å². The Bertz CT molecular complexity index is 800. The van der Waals surface area contributed by atoms with Crippen molar-refractivity contribution >= 4 is 29.9 Å². The second-order valence-corrected chi connectivity index (χ2v) is 8.16. The Morgan fingerprint density at radius 2 is 1.94 bits per heavy atom. The number of aromatic nitrogens is 1. The first-order chi connectivity index (χ1) is 14.6. The highest BCUT2D eigenvalue weighted by atomic mass is 127. The van der Waals surface area contributed by atoms with Crippen molar-refractivity contribution in [3.8, 4) is 0 Å². The van der Waals surface area contributed by atoms with E-state index >= 15 is 0 Å². The van der Waals surface area contributed by atoms with E-state index in [1.165, 1.54) is 16.7 Å². The van der Waals surface area contributed by atoms with Crippen LogP contribution in [0.25, 0.3) is 0 Å². The van der Waals surface area contributed by atoms with Crippen molar-refractivity contribution in [3.63, 3.8) is 0 Å². The lowest BCUT2D eigenvalue weighted by molar-refractivity contribution is -0.0250. The predicted molar refractivity (Wildman–Crippen MR) is 136 cm³/mol. The Labute approximate surface area is 203 Å². The van der Waals surface area contributed by atoms with Crippen LogP contribution in [0.3, 0.4) is 0 Å². The summed E-state index contributed by atoms with van der Waals surface area (Å²) in [4.78, 5) is 4.88. The van der Waals surface area contributed by atoms with Gasteiger partial charge in [0, 0.05) is 37.7 Å². The highest BCUT2D eigenvalue weighted by Gasteiger charge is 2.27. The van der Waals surface area contributed by atoms with Crippen molar-refractivity contribution in [2.75, 3.05) is 26.2 Å². The van der Waals surface area contributed by atoms with E-state index in [-0.39, 0.29) is 30.1 Å². The molecule has 7 heteroatoms. The minimum absolute atomic E-state index is 0. The molecule has 0 aliphatic carbocycles. The van der Waals surface area contributed by atoms with Crippen LogP contribution in [0.1, 0.15) is 60.4 Å². The van der Waals surface area contributed by atoms with Crippen molar-refractivity contribution in [1.82, 2.24) is 15.8 Å². The van der Waals surface area contributed by atoms with Crippen LogP contribution >= 0.6 is 24.0 Å². The highest BCUT2D eigenvalue weighted by molar-refractivity contribution is 14.0. The molecule has 0 amide bonds. The zero-order chi connectivity index (χ0) is 21.3. The minimum Gasteiger partial charge on any atom is -0.373 e. The molecule has 1 aromatic heterocycles. The number of rotatable bonds is 8. The van der Waals surface area contributed by atoms with Crippen LogP contribution in [-0.2, 0) is 11.2 Å². The monoisotopic (exact) mass is 540 g/mol. The molecule has 1 saturated heterocycles. The van der Waals surface area contributed by atoms with Gasteiger partial charge in [-0.05, 0) is 58.9 Å². The molecule has 2 aromatic rings. The lowest BCUT2D eigenvalue weighted by Crippen LogP contribution is -2.38. The molecular formula is C24H37IN4O2. The molecule has 2 N–H and O–H groups in total. The van der Waals surface area contributed by atoms with Crippen molar-refractivity contribution in [3.05, 3.63) is 52.4 Å². The number of hydrogen-bond acceptors (Lipinski definition) is 4. The summed E-state index contributed by atoms with van der Waals surface area (Å²) >= 11 is 0. The van der Waals surface area contributed by atoms with Crippen LogP contribution < -0.4 is 10.6 Å². The summed E-state index contributed by atoms with van der Waals surface area (Å²) < 4.78 is 11.4. The van der Waals surface area contributed by atoms with E-state index in [1.54, 1.807) is 0 Å². The zero-order valence-corrected chi connectivity index (χ0v) is 21.6. The summed E-state index contributed by atoms with van der Waals surface area (Å²) in [7, 11) is 0. The number of aryl methyl sites for hydroxylation is 3. The number of ether oxygens (including phenoxy) is 1. The summed E-state index contributed by atoms with van der Waals surface area (Å²) in [6.07, 6.45) is 4.34. The molecule has 6 nitrogen and oxygen atoms in total. The van der Waals surface area contributed by atoms with E-state index in [0.29, 0.717) is 5.92 Å². The summed E-state index contributed by atoms with van der Waals surface area (Å²) in [5.74, 6) is 2.20. The Morgan fingerprint density at radius 1 is 1.16 bits per heavy atom. The Kier molecular flexibility index (Phi) is 10.8. The average Bonchev–Trinajstić information content (AvgIpc) is 3.07. The smallest absolute Gasteiger partial charge is 0.191 e. The van der Waals surface area contributed by atoms with Crippen LogP contribution in [0.5, 0.6) is 0 Å². The number of guanidine groups is 1. The van der Waals surface area contributed by atoms with Crippen molar-refractivity contribution < 1.29 is 9.26 Å². The molecule has 31 heavy (non-hydrogen) atoms. The zero-order valence-electron chi connectivity index (χ0n) is 19.2. The minimum atomic E-state index is 0. The quantitative estimate of drug-likeness (QED) is 0.216. The van der Waals surface area contributed by atoms with E-state index < -0.39 is 0 Å². The van der Waals surface area contributed by atoms with Crippen LogP contribution in [0.2, 0.25) is 0 Å². The largest absolute Gasteiger partial charge is 0.373 e. The molecule has 172 valence electrons. The topological polar surface area (TPSA) is 71.7 Å². The lowest BCUT2D eigenvalue weighted by atomic mass is 9.89. The van der Waals surface area contributed by atoms with Crippen LogP contribution in [0.15, 0.2) is 33.8 Å². The number of aliphatic imine (C=N–C) groups is 1. The van der Waals surface area contributed by atoms with Gasteiger partial charge in [-0.25, -0.2) is 0 Å². The van der Waals surface area contributed by atoms with Gasteiger partial charge in [-0.3, -0.25) is 4.99 Å². The van der Waals surface area contributed by atoms with Crippen molar-refractivity contribution in [1.29, 1.82) is 0 Å². The molecule has 1 aromatic carbocycles. The molecule has 1 aliphatic rings. The van der Waals surface area contributed by atoms with Gasteiger partial charge in [0.1, 0.15) is 5.76 Å². The van der Waals surface area contributed by atoms with Gasteiger partial charge in [-0.1, -0.05) is 35.0 Å². The first kappa shape index (κ1) is 25.6. The maximum absolute atomic E-state index is 6.15. The van der Waals surface area contributed by atoms with Gasteiger partial charge in [-0.15, -0.1) is 24.0 Å². The summed E-state index contributed by atoms with van der Waals surface area (Å²) in [5.41, 5.74) is 4.75. The summed E-state index contributed by atoms with van der Waals surface area (Å²) in [5, 5.41) is 10.9. The molecule has 0 radical (unpaired) electrons. The lowest BCUT2D eigenvalue weighted by Gasteiger charge is -2.31. The average molecular weight is 540 g/mol. The number of benzene rings is 1. The predicted octanol–water partition coefficient (Wildman–Crippen LogP) is 4.87. The number of nitrogens with one attached hydrogen (secondary N) is 2. The van der Waals surface area contributed by atoms with Gasteiger partial charge in [0.15, 0.2) is 5.96 Å². The molecule has 3 rings (SSSR count). The second-order valence-electron chi connectivity index (χ2n) is 8.16. The third kappa shape index (κ3) is 7.49. The Balaban J connectivity index is 0.00000341. The van der Waals surface area contributed by atoms with Gasteiger partial charge < -0.3 is 19.9 Å². The SMILES string of the molecule is CCNC(=NCC1CCCOC1c1ccc(C)cc1)NCCCc1c(C)noc1C.I. The normalized spacial score (nSPS) is 19.0. The molecule has 2 heterocycles. The third-order valence-corrected chi connectivity index (χ3v) is 5.76. The number of hydrogen-bond donors (Lipinski definition) is 2. The molecule has 2 unspecified atom stereocenters. The molecular weight excluding hydrogens is 503 g/mol. The van der Waals surface area contributed by atoms with E-state index in [1.807, 2.05) is 13.8 Å². The first-order valence-electron chi connectivity index (χ1n) is 11.2. The number of nitrogens with zero attached hydrogens (tertiary/aromatic N) is 2. The Hall–Kier alpha value is -1.61. The van der Waals surface area contributed by atoms with E-state index in [9.17, 15) is 0 Å². The fraction of sp³-hybridized carbons (Fsp3) is 0.583. The molecule has 0 spiro atoms. The van der Waals surface area contributed by atoms with E-state index in [4.69, 9.17) is 14.3 Å². The van der Waals surface area contributed by atoms with Gasteiger partial charge in [0.25, 0.3) is 0 Å². The van der Waals surface area contributed by atoms with Crippen LogP contribution in [0, 0.1) is 26.7 Å². The van der Waals surface area contributed by atoms with Gasteiger partial charge in [-0.2, -0.15) is 0 Å². The summed E-state index contributed by atoms with van der Waals surface area (Å²) in [6.45, 7) is 11.5. The van der Waals surface area contributed by atoms with Crippen molar-refractivity contribution in [2.45, 2.75) is 59.5 Å². The maximum Gasteiger partial charge on any atom is 0.191 e. The summed E-state index contributed by atoms with van der Waals surface area (Å²) in [6, 6.07) is 8.72.